The predicted molar refractivity (Wildman–Crippen MR) is 145 cm³/mol. The standard InChI is InChI=1S/C26H21Cl2IN2O3/c1-3-33-24-13-18(12-22(28)25(24)34-15-17-7-9-20(29)10-8-17)11-19(14-30)26(32)31-23-6-4-5-21(27)16(23)2/h4-13H,3,15H2,1-2H3,(H,31,32)/b19-11+. The van der Waals surface area contributed by atoms with E-state index in [2.05, 4.69) is 27.9 Å². The van der Waals surface area contributed by atoms with Crippen molar-refractivity contribution >= 4 is 63.5 Å². The van der Waals surface area contributed by atoms with Gasteiger partial charge in [-0.1, -0.05) is 41.4 Å². The molecule has 34 heavy (non-hydrogen) atoms. The monoisotopic (exact) mass is 606 g/mol. The third-order valence-corrected chi connectivity index (χ3v) is 6.23. The maximum absolute atomic E-state index is 12.7. The zero-order chi connectivity index (χ0) is 24.7. The van der Waals surface area contributed by atoms with Crippen molar-refractivity contribution in [3.05, 3.63) is 90.5 Å². The Kier molecular flexibility index (Phi) is 9.22. The molecule has 0 aliphatic carbocycles. The number of amides is 1. The SMILES string of the molecule is CCOc1cc(/C=C(\C#N)C(=O)Nc2cccc(Cl)c2C)cc(Cl)c1OCc1ccc(I)cc1. The highest BCUT2D eigenvalue weighted by Gasteiger charge is 2.16. The Hall–Kier alpha value is -2.73. The third kappa shape index (κ3) is 6.66. The zero-order valence-corrected chi connectivity index (χ0v) is 22.2. The fourth-order valence-electron chi connectivity index (χ4n) is 3.06. The Labute approximate surface area is 222 Å². The molecule has 3 aromatic rings. The molecule has 5 nitrogen and oxygen atoms in total. The summed E-state index contributed by atoms with van der Waals surface area (Å²) in [6.45, 7) is 4.34. The lowest BCUT2D eigenvalue weighted by atomic mass is 10.1. The second-order valence-electron chi connectivity index (χ2n) is 7.21. The second kappa shape index (κ2) is 12.1. The molecule has 0 heterocycles. The molecule has 0 saturated heterocycles. The van der Waals surface area contributed by atoms with Crippen LogP contribution in [-0.2, 0) is 11.4 Å². The quantitative estimate of drug-likeness (QED) is 0.164. The minimum atomic E-state index is -0.555. The highest BCUT2D eigenvalue weighted by molar-refractivity contribution is 14.1. The van der Waals surface area contributed by atoms with E-state index in [1.165, 1.54) is 6.08 Å². The van der Waals surface area contributed by atoms with Crippen molar-refractivity contribution in [2.75, 3.05) is 11.9 Å². The first-order chi connectivity index (χ1) is 16.3. The summed E-state index contributed by atoms with van der Waals surface area (Å²) in [5.41, 5.74) is 2.68. The molecular weight excluding hydrogens is 586 g/mol. The van der Waals surface area contributed by atoms with E-state index in [0.29, 0.717) is 51.6 Å². The summed E-state index contributed by atoms with van der Waals surface area (Å²) in [5, 5.41) is 13.2. The lowest BCUT2D eigenvalue weighted by Gasteiger charge is -2.15. The molecule has 0 radical (unpaired) electrons. The fraction of sp³-hybridized carbons (Fsp3) is 0.154. The first kappa shape index (κ1) is 25.9. The van der Waals surface area contributed by atoms with Crippen LogP contribution in [0.5, 0.6) is 11.5 Å². The van der Waals surface area contributed by atoms with Crippen LogP contribution in [0.3, 0.4) is 0 Å². The molecule has 3 aromatic carbocycles. The van der Waals surface area contributed by atoms with Crippen molar-refractivity contribution in [2.45, 2.75) is 20.5 Å². The predicted octanol–water partition coefficient (Wildman–Crippen LogP) is 7.43. The molecule has 1 amide bonds. The Morgan fingerprint density at radius 3 is 2.53 bits per heavy atom. The molecule has 0 fully saturated rings. The zero-order valence-electron chi connectivity index (χ0n) is 18.5. The van der Waals surface area contributed by atoms with Crippen LogP contribution in [0.15, 0.2) is 60.2 Å². The van der Waals surface area contributed by atoms with E-state index in [4.69, 9.17) is 32.7 Å². The summed E-state index contributed by atoms with van der Waals surface area (Å²) in [5.74, 6) is 0.271. The van der Waals surface area contributed by atoms with Crippen molar-refractivity contribution in [3.8, 4) is 17.6 Å². The van der Waals surface area contributed by atoms with Gasteiger partial charge in [-0.15, -0.1) is 0 Å². The Balaban J connectivity index is 1.86. The normalized spacial score (nSPS) is 11.0. The van der Waals surface area contributed by atoms with Gasteiger partial charge in [-0.25, -0.2) is 0 Å². The molecule has 0 aliphatic rings. The molecule has 0 atom stereocenters. The molecule has 0 aliphatic heterocycles. The summed E-state index contributed by atoms with van der Waals surface area (Å²) in [7, 11) is 0. The first-order valence-corrected chi connectivity index (χ1v) is 12.2. The number of hydrogen-bond acceptors (Lipinski definition) is 4. The lowest BCUT2D eigenvalue weighted by Crippen LogP contribution is -2.14. The number of nitriles is 1. The second-order valence-corrected chi connectivity index (χ2v) is 9.27. The molecule has 3 rings (SSSR count). The highest BCUT2D eigenvalue weighted by Crippen LogP contribution is 2.38. The van der Waals surface area contributed by atoms with Gasteiger partial charge in [0.2, 0.25) is 0 Å². The van der Waals surface area contributed by atoms with Crippen LogP contribution >= 0.6 is 45.8 Å². The van der Waals surface area contributed by atoms with Crippen molar-refractivity contribution in [1.29, 1.82) is 5.26 Å². The topological polar surface area (TPSA) is 71.3 Å². The number of rotatable bonds is 8. The number of anilines is 1. The molecular formula is C26H21Cl2IN2O3. The van der Waals surface area contributed by atoms with Gasteiger partial charge >= 0.3 is 0 Å². The van der Waals surface area contributed by atoms with Crippen molar-refractivity contribution < 1.29 is 14.3 Å². The summed E-state index contributed by atoms with van der Waals surface area (Å²) in [6, 6.07) is 18.4. The van der Waals surface area contributed by atoms with Crippen LogP contribution < -0.4 is 14.8 Å². The summed E-state index contributed by atoms with van der Waals surface area (Å²) in [6.07, 6.45) is 1.45. The van der Waals surface area contributed by atoms with E-state index in [0.717, 1.165) is 9.13 Å². The molecule has 0 unspecified atom stereocenters. The largest absolute Gasteiger partial charge is 0.490 e. The van der Waals surface area contributed by atoms with Gasteiger partial charge in [-0.3, -0.25) is 4.79 Å². The number of ether oxygens (including phenoxy) is 2. The van der Waals surface area contributed by atoms with E-state index in [-0.39, 0.29) is 5.57 Å². The summed E-state index contributed by atoms with van der Waals surface area (Å²) in [4.78, 5) is 12.7. The molecule has 0 saturated carbocycles. The van der Waals surface area contributed by atoms with Crippen molar-refractivity contribution in [1.82, 2.24) is 0 Å². The Morgan fingerprint density at radius 1 is 1.12 bits per heavy atom. The van der Waals surface area contributed by atoms with Crippen molar-refractivity contribution in [2.24, 2.45) is 0 Å². The summed E-state index contributed by atoms with van der Waals surface area (Å²) < 4.78 is 12.8. The van der Waals surface area contributed by atoms with E-state index in [1.807, 2.05) is 37.3 Å². The molecule has 8 heteroatoms. The number of nitrogens with zero attached hydrogens (tertiary/aromatic N) is 1. The third-order valence-electron chi connectivity index (χ3n) is 4.82. The van der Waals surface area contributed by atoms with Crippen LogP contribution in [0.1, 0.15) is 23.6 Å². The number of nitrogens with one attached hydrogen (secondary N) is 1. The van der Waals surface area contributed by atoms with Crippen LogP contribution in [-0.4, -0.2) is 12.5 Å². The van der Waals surface area contributed by atoms with E-state index >= 15 is 0 Å². The molecule has 1 N–H and O–H groups in total. The molecule has 0 spiro atoms. The Morgan fingerprint density at radius 2 is 1.85 bits per heavy atom. The van der Waals surface area contributed by atoms with Gasteiger partial charge in [-0.05, 0) is 95.6 Å². The minimum Gasteiger partial charge on any atom is -0.490 e. The van der Waals surface area contributed by atoms with Crippen LogP contribution in [0.25, 0.3) is 6.08 Å². The average molecular weight is 607 g/mol. The molecule has 0 bridgehead atoms. The smallest absolute Gasteiger partial charge is 0.266 e. The van der Waals surface area contributed by atoms with Crippen LogP contribution in [0.4, 0.5) is 5.69 Å². The van der Waals surface area contributed by atoms with E-state index in [1.54, 1.807) is 37.3 Å². The summed E-state index contributed by atoms with van der Waals surface area (Å²) >= 11 is 14.9. The number of benzene rings is 3. The first-order valence-electron chi connectivity index (χ1n) is 10.3. The van der Waals surface area contributed by atoms with E-state index < -0.39 is 5.91 Å². The van der Waals surface area contributed by atoms with Gasteiger partial charge in [0.15, 0.2) is 11.5 Å². The van der Waals surface area contributed by atoms with Gasteiger partial charge in [0.1, 0.15) is 18.2 Å². The van der Waals surface area contributed by atoms with Crippen LogP contribution in [0, 0.1) is 21.8 Å². The highest BCUT2D eigenvalue weighted by atomic mass is 127. The number of carbonyl (C=O) groups excluding carboxylic acids is 1. The van der Waals surface area contributed by atoms with Gasteiger partial charge in [0, 0.05) is 14.3 Å². The fourth-order valence-corrected chi connectivity index (χ4v) is 3.87. The number of hydrogen-bond donors (Lipinski definition) is 1. The maximum atomic E-state index is 12.7. The number of carbonyl (C=O) groups is 1. The van der Waals surface area contributed by atoms with Crippen molar-refractivity contribution in [3.63, 3.8) is 0 Å². The lowest BCUT2D eigenvalue weighted by molar-refractivity contribution is -0.112. The van der Waals surface area contributed by atoms with Gasteiger partial charge in [0.25, 0.3) is 5.91 Å². The molecule has 174 valence electrons. The van der Waals surface area contributed by atoms with Crippen LogP contribution in [0.2, 0.25) is 10.0 Å². The number of halogens is 3. The Bertz CT molecular complexity index is 1270. The van der Waals surface area contributed by atoms with Gasteiger partial charge in [0.05, 0.1) is 11.6 Å². The average Bonchev–Trinajstić information content (AvgIpc) is 2.81. The molecule has 0 aromatic heterocycles. The van der Waals surface area contributed by atoms with Gasteiger partial charge < -0.3 is 14.8 Å². The maximum Gasteiger partial charge on any atom is 0.266 e. The minimum absolute atomic E-state index is 0.0922. The van der Waals surface area contributed by atoms with Gasteiger partial charge in [-0.2, -0.15) is 5.26 Å². The van der Waals surface area contributed by atoms with E-state index in [9.17, 15) is 10.1 Å².